The molecule has 4 heterocycles. The van der Waals surface area contributed by atoms with Crippen LogP contribution < -0.4 is 11.3 Å². The van der Waals surface area contributed by atoms with Crippen LogP contribution in [0, 0.1) is 0 Å². The number of nitrogens with one attached hydrogen (secondary N) is 2. The first kappa shape index (κ1) is 20.2. The number of nitrogen functional groups attached to an aromatic ring is 1. The first-order valence-electron chi connectivity index (χ1n) is 9.28. The number of ketones is 1. The molecule has 0 spiro atoms. The van der Waals surface area contributed by atoms with Gasteiger partial charge in [-0.15, -0.1) is 0 Å². The Kier molecular flexibility index (Phi) is 5.11. The molecule has 7 N–H and O–H groups in total. The largest absolute Gasteiger partial charge is 0.394 e. The number of rotatable bonds is 7. The fourth-order valence-electron chi connectivity index (χ4n) is 3.79. The first-order chi connectivity index (χ1) is 14.4. The number of imidazole rings is 2. The van der Waals surface area contributed by atoms with E-state index in [9.17, 15) is 24.9 Å². The Morgan fingerprint density at radius 3 is 2.83 bits per heavy atom. The van der Waals surface area contributed by atoms with Crippen LogP contribution >= 0.6 is 0 Å². The number of H-pyrrole nitrogens is 2. The topological polar surface area (TPSA) is 205 Å². The smallest absolute Gasteiger partial charge is 0.280 e. The maximum atomic E-state index is 12.3. The second kappa shape index (κ2) is 7.60. The molecule has 0 unspecified atom stereocenters. The predicted molar refractivity (Wildman–Crippen MR) is 101 cm³/mol. The van der Waals surface area contributed by atoms with Gasteiger partial charge in [-0.05, 0) is 12.8 Å². The molecule has 0 bridgehead atoms. The van der Waals surface area contributed by atoms with Gasteiger partial charge < -0.3 is 30.8 Å². The summed E-state index contributed by atoms with van der Waals surface area (Å²) in [5, 5.41) is 30.8. The van der Waals surface area contributed by atoms with Crippen molar-refractivity contribution in [2.45, 2.75) is 43.3 Å². The number of anilines is 1. The second-order valence-electron chi connectivity index (χ2n) is 7.07. The van der Waals surface area contributed by atoms with E-state index in [1.807, 2.05) is 0 Å². The van der Waals surface area contributed by atoms with Gasteiger partial charge in [0.1, 0.15) is 18.3 Å². The Morgan fingerprint density at radius 1 is 1.37 bits per heavy atom. The maximum Gasteiger partial charge on any atom is 0.280 e. The average Bonchev–Trinajstić information content (AvgIpc) is 3.44. The van der Waals surface area contributed by atoms with Gasteiger partial charge in [-0.2, -0.15) is 4.98 Å². The molecule has 4 atom stereocenters. The molecule has 1 aliphatic heterocycles. The number of aromatic nitrogens is 6. The number of aliphatic hydroxyl groups excluding tert-OH is 3. The van der Waals surface area contributed by atoms with Crippen molar-refractivity contribution in [3.05, 3.63) is 34.9 Å². The lowest BCUT2D eigenvalue weighted by Crippen LogP contribution is -2.45. The van der Waals surface area contributed by atoms with Crippen LogP contribution in [0.2, 0.25) is 0 Å². The summed E-state index contributed by atoms with van der Waals surface area (Å²) >= 11 is 0. The van der Waals surface area contributed by atoms with E-state index in [1.165, 1.54) is 23.3 Å². The van der Waals surface area contributed by atoms with Crippen molar-refractivity contribution in [2.24, 2.45) is 0 Å². The number of aliphatic hydroxyl groups is 3. The van der Waals surface area contributed by atoms with Crippen molar-refractivity contribution in [3.63, 3.8) is 0 Å². The number of hydrogen-bond acceptors (Lipinski definition) is 10. The number of nitrogens with zero attached hydrogens (tertiary/aromatic N) is 4. The zero-order chi connectivity index (χ0) is 21.5. The molecular formula is C17H21N7O6. The fraction of sp³-hybridized carbons (Fsp3) is 0.471. The Morgan fingerprint density at radius 2 is 2.17 bits per heavy atom. The van der Waals surface area contributed by atoms with Gasteiger partial charge in [0.25, 0.3) is 5.56 Å². The van der Waals surface area contributed by atoms with E-state index in [0.29, 0.717) is 0 Å². The molecule has 160 valence electrons. The van der Waals surface area contributed by atoms with E-state index >= 15 is 0 Å². The summed E-state index contributed by atoms with van der Waals surface area (Å²) in [4.78, 5) is 41.5. The zero-order valence-corrected chi connectivity index (χ0v) is 15.7. The van der Waals surface area contributed by atoms with Crippen LogP contribution in [0.5, 0.6) is 0 Å². The molecule has 30 heavy (non-hydrogen) atoms. The van der Waals surface area contributed by atoms with Gasteiger partial charge in [0, 0.05) is 18.8 Å². The lowest BCUT2D eigenvalue weighted by Gasteiger charge is -2.33. The van der Waals surface area contributed by atoms with Crippen molar-refractivity contribution in [3.8, 4) is 0 Å². The second-order valence-corrected chi connectivity index (χ2v) is 7.07. The minimum absolute atomic E-state index is 0.0343. The molecule has 3 aromatic heterocycles. The number of carbonyl (C=O) groups excluding carboxylic acids is 1. The molecule has 1 saturated heterocycles. The average molecular weight is 419 g/mol. The quantitative estimate of drug-likeness (QED) is 0.238. The molecule has 3 aromatic rings. The van der Waals surface area contributed by atoms with Gasteiger partial charge in [0.15, 0.2) is 28.5 Å². The summed E-state index contributed by atoms with van der Waals surface area (Å²) in [7, 11) is 0. The Bertz CT molecular complexity index is 1110. The van der Waals surface area contributed by atoms with E-state index in [2.05, 4.69) is 24.9 Å². The van der Waals surface area contributed by atoms with Crippen LogP contribution in [0.3, 0.4) is 0 Å². The summed E-state index contributed by atoms with van der Waals surface area (Å²) < 4.78 is 7.19. The summed E-state index contributed by atoms with van der Waals surface area (Å²) in [6.45, 7) is -0.548. The van der Waals surface area contributed by atoms with E-state index in [4.69, 9.17) is 10.5 Å². The molecule has 0 amide bonds. The van der Waals surface area contributed by atoms with Gasteiger partial charge in [-0.25, -0.2) is 9.97 Å². The molecular weight excluding hydrogens is 398 g/mol. The van der Waals surface area contributed by atoms with Crippen LogP contribution in [-0.2, 0) is 10.5 Å². The highest BCUT2D eigenvalue weighted by molar-refractivity contribution is 5.92. The molecule has 4 rings (SSSR count). The Balaban J connectivity index is 1.70. The molecule has 1 aliphatic rings. The fourth-order valence-corrected chi connectivity index (χ4v) is 3.79. The van der Waals surface area contributed by atoms with Gasteiger partial charge in [0.2, 0.25) is 5.95 Å². The van der Waals surface area contributed by atoms with Crippen molar-refractivity contribution < 1.29 is 24.9 Å². The van der Waals surface area contributed by atoms with Crippen molar-refractivity contribution in [2.75, 3.05) is 12.3 Å². The van der Waals surface area contributed by atoms with Crippen molar-refractivity contribution in [1.29, 1.82) is 0 Å². The van der Waals surface area contributed by atoms with Gasteiger partial charge in [-0.3, -0.25) is 19.1 Å². The third-order valence-electron chi connectivity index (χ3n) is 5.24. The summed E-state index contributed by atoms with van der Waals surface area (Å²) in [5.74, 6) is -0.195. The predicted octanol–water partition coefficient (Wildman–Crippen LogP) is -1.76. The number of Topliss-reactive ketones (excluding diaryl/α,β-unsaturated/α-hetero) is 1. The zero-order valence-electron chi connectivity index (χ0n) is 15.7. The van der Waals surface area contributed by atoms with Crippen molar-refractivity contribution >= 4 is 22.9 Å². The number of nitrogens with two attached hydrogens (primary N) is 1. The number of aromatic amines is 2. The number of hydrogen-bond donors (Lipinski definition) is 6. The summed E-state index contributed by atoms with van der Waals surface area (Å²) in [6.07, 6.45) is 0.620. The van der Waals surface area contributed by atoms with E-state index in [0.717, 1.165) is 0 Å². The monoisotopic (exact) mass is 419 g/mol. The highest BCUT2D eigenvalue weighted by atomic mass is 16.6. The van der Waals surface area contributed by atoms with E-state index < -0.39 is 36.2 Å². The van der Waals surface area contributed by atoms with Crippen LogP contribution in [0.15, 0.2) is 23.5 Å². The van der Waals surface area contributed by atoms with E-state index in [1.54, 1.807) is 0 Å². The van der Waals surface area contributed by atoms with E-state index in [-0.39, 0.29) is 48.0 Å². The Hall–Kier alpha value is -3.13. The minimum atomic E-state index is -1.63. The lowest BCUT2D eigenvalue weighted by molar-refractivity contribution is -0.151. The summed E-state index contributed by atoms with van der Waals surface area (Å²) in [5.41, 5.74) is 3.45. The third kappa shape index (κ3) is 3.17. The van der Waals surface area contributed by atoms with Gasteiger partial charge >= 0.3 is 0 Å². The molecule has 0 aliphatic carbocycles. The molecule has 13 heteroatoms. The first-order valence-corrected chi connectivity index (χ1v) is 9.28. The minimum Gasteiger partial charge on any atom is -0.394 e. The molecule has 1 fully saturated rings. The number of ether oxygens (including phenoxy) is 1. The number of fused-ring (bicyclic) bond motifs is 1. The van der Waals surface area contributed by atoms with Gasteiger partial charge in [-0.1, -0.05) is 0 Å². The maximum absolute atomic E-state index is 12.3. The Labute approximate surface area is 168 Å². The van der Waals surface area contributed by atoms with Crippen LogP contribution in [-0.4, -0.2) is 75.5 Å². The third-order valence-corrected chi connectivity index (χ3v) is 5.24. The SMILES string of the molecule is Nc1nc2c(ncn2[C@]2(CCCC(=O)c3ncc[nH]3)O[C@H](CO)[C@@H](O)[C@H]2O)c(=O)[nH]1. The lowest BCUT2D eigenvalue weighted by atomic mass is 9.96. The molecule has 0 saturated carbocycles. The van der Waals surface area contributed by atoms with Crippen molar-refractivity contribution in [1.82, 2.24) is 29.5 Å². The highest BCUT2D eigenvalue weighted by Crippen LogP contribution is 2.41. The van der Waals surface area contributed by atoms with Gasteiger partial charge in [0.05, 0.1) is 12.9 Å². The molecule has 13 nitrogen and oxygen atoms in total. The van der Waals surface area contributed by atoms with Crippen LogP contribution in [0.4, 0.5) is 5.95 Å². The molecule has 0 radical (unpaired) electrons. The highest BCUT2D eigenvalue weighted by Gasteiger charge is 2.55. The van der Waals surface area contributed by atoms with Crippen LogP contribution in [0.25, 0.3) is 11.2 Å². The molecule has 0 aromatic carbocycles. The van der Waals surface area contributed by atoms with Crippen LogP contribution in [0.1, 0.15) is 29.9 Å². The number of carbonyl (C=O) groups is 1. The normalized spacial score (nSPS) is 26.4. The standard InChI is InChI=1S/C17H21N7O6/c18-16-22-14-10(15(29)23-16)21-7-24(14)17(12(28)11(27)9(6-25)30-17)3-1-2-8(26)13-19-4-5-20-13/h4-5,7,9,11-12,25,27-28H,1-3,6H2,(H,19,20)(H3,18,22,23,29)/t9-,11-,12-,17-/m1/s1. The summed E-state index contributed by atoms with van der Waals surface area (Å²) in [6, 6.07) is 0.